The second kappa shape index (κ2) is 7.46. The third-order valence-corrected chi connectivity index (χ3v) is 4.54. The number of hydrogen-bond acceptors (Lipinski definition) is 1. The molecule has 0 saturated carbocycles. The van der Waals surface area contributed by atoms with E-state index in [2.05, 4.69) is 40.3 Å². The van der Waals surface area contributed by atoms with Crippen molar-refractivity contribution in [1.82, 2.24) is 5.32 Å². The standard InChI is InChI=1S/C16H16BrCl2N/c1-11(7-12-3-2-4-14(18)8-12)20-10-13-5-6-15(17)16(19)9-13/h2-6,8-9,11,20H,7,10H2,1H3. The topological polar surface area (TPSA) is 12.0 Å². The fourth-order valence-corrected chi connectivity index (χ4v) is 2.69. The van der Waals surface area contributed by atoms with Gasteiger partial charge in [-0.15, -0.1) is 0 Å². The minimum atomic E-state index is 0.371. The van der Waals surface area contributed by atoms with Gasteiger partial charge in [-0.25, -0.2) is 0 Å². The fourth-order valence-electron chi connectivity index (χ4n) is 2.03. The first-order valence-electron chi connectivity index (χ1n) is 6.46. The second-order valence-electron chi connectivity index (χ2n) is 4.86. The summed E-state index contributed by atoms with van der Waals surface area (Å²) in [6.45, 7) is 2.97. The Kier molecular flexibility index (Phi) is 5.91. The van der Waals surface area contributed by atoms with Gasteiger partial charge in [-0.1, -0.05) is 41.4 Å². The summed E-state index contributed by atoms with van der Waals surface area (Å²) in [6, 6.07) is 14.4. The first-order chi connectivity index (χ1) is 9.54. The molecule has 1 nitrogen and oxygen atoms in total. The monoisotopic (exact) mass is 371 g/mol. The van der Waals surface area contributed by atoms with Crippen molar-refractivity contribution in [3.05, 3.63) is 68.1 Å². The van der Waals surface area contributed by atoms with Crippen LogP contribution in [0, 0.1) is 0 Å². The summed E-state index contributed by atoms with van der Waals surface area (Å²) in [5, 5.41) is 5.03. The van der Waals surface area contributed by atoms with Crippen molar-refractivity contribution in [2.75, 3.05) is 0 Å². The summed E-state index contributed by atoms with van der Waals surface area (Å²) in [4.78, 5) is 0. The number of rotatable bonds is 5. The first kappa shape index (κ1) is 15.8. The molecule has 0 aliphatic heterocycles. The Balaban J connectivity index is 1.88. The van der Waals surface area contributed by atoms with Gasteiger partial charge in [0.15, 0.2) is 0 Å². The van der Waals surface area contributed by atoms with Crippen LogP contribution < -0.4 is 5.32 Å². The molecule has 0 fully saturated rings. The second-order valence-corrected chi connectivity index (χ2v) is 6.56. The van der Waals surface area contributed by atoms with Gasteiger partial charge in [0.05, 0.1) is 5.02 Å². The average molecular weight is 373 g/mol. The van der Waals surface area contributed by atoms with E-state index in [0.29, 0.717) is 6.04 Å². The molecule has 20 heavy (non-hydrogen) atoms. The Bertz CT molecular complexity index is 586. The molecule has 1 N–H and O–H groups in total. The fraction of sp³-hybridized carbons (Fsp3) is 0.250. The molecule has 0 heterocycles. The van der Waals surface area contributed by atoms with Gasteiger partial charge in [-0.3, -0.25) is 0 Å². The smallest absolute Gasteiger partial charge is 0.0551 e. The highest BCUT2D eigenvalue weighted by Gasteiger charge is 2.05. The van der Waals surface area contributed by atoms with Gasteiger partial charge >= 0.3 is 0 Å². The average Bonchev–Trinajstić information content (AvgIpc) is 2.40. The minimum absolute atomic E-state index is 0.371. The Hall–Kier alpha value is -0.540. The van der Waals surface area contributed by atoms with E-state index in [1.54, 1.807) is 0 Å². The van der Waals surface area contributed by atoms with Gasteiger partial charge in [0.1, 0.15) is 0 Å². The molecule has 1 unspecified atom stereocenters. The van der Waals surface area contributed by atoms with Crippen LogP contribution in [-0.4, -0.2) is 6.04 Å². The molecule has 2 aromatic rings. The van der Waals surface area contributed by atoms with Gasteiger partial charge in [0.25, 0.3) is 0 Å². The van der Waals surface area contributed by atoms with Gasteiger partial charge in [-0.2, -0.15) is 0 Å². The zero-order valence-electron chi connectivity index (χ0n) is 11.2. The third-order valence-electron chi connectivity index (χ3n) is 3.07. The molecule has 0 amide bonds. The molecule has 1 atom stereocenters. The Morgan fingerprint density at radius 1 is 1.10 bits per heavy atom. The van der Waals surface area contributed by atoms with Crippen molar-refractivity contribution in [3.8, 4) is 0 Å². The van der Waals surface area contributed by atoms with Crippen LogP contribution in [0.3, 0.4) is 0 Å². The first-order valence-corrected chi connectivity index (χ1v) is 8.01. The lowest BCUT2D eigenvalue weighted by molar-refractivity contribution is 0.545. The van der Waals surface area contributed by atoms with Crippen molar-refractivity contribution < 1.29 is 0 Å². The predicted molar refractivity (Wildman–Crippen MR) is 90.6 cm³/mol. The zero-order chi connectivity index (χ0) is 14.5. The van der Waals surface area contributed by atoms with Crippen LogP contribution in [0.2, 0.25) is 10.0 Å². The maximum Gasteiger partial charge on any atom is 0.0551 e. The lowest BCUT2D eigenvalue weighted by Gasteiger charge is -2.14. The highest BCUT2D eigenvalue weighted by atomic mass is 79.9. The molecular formula is C16H16BrCl2N. The molecule has 4 heteroatoms. The summed E-state index contributed by atoms with van der Waals surface area (Å²) in [5.41, 5.74) is 2.42. The van der Waals surface area contributed by atoms with Gasteiger partial charge in [0.2, 0.25) is 0 Å². The van der Waals surface area contributed by atoms with Crippen LogP contribution in [0.1, 0.15) is 18.1 Å². The Labute approximate surface area is 138 Å². The molecule has 0 aromatic heterocycles. The van der Waals surface area contributed by atoms with E-state index in [-0.39, 0.29) is 0 Å². The Morgan fingerprint density at radius 3 is 2.60 bits per heavy atom. The van der Waals surface area contributed by atoms with Crippen molar-refractivity contribution in [2.24, 2.45) is 0 Å². The molecule has 0 spiro atoms. The SMILES string of the molecule is CC(Cc1cccc(Cl)c1)NCc1ccc(Br)c(Cl)c1. The zero-order valence-corrected chi connectivity index (χ0v) is 14.3. The maximum absolute atomic E-state index is 6.09. The highest BCUT2D eigenvalue weighted by molar-refractivity contribution is 9.10. The van der Waals surface area contributed by atoms with Crippen LogP contribution in [0.15, 0.2) is 46.9 Å². The largest absolute Gasteiger partial charge is 0.310 e. The van der Waals surface area contributed by atoms with E-state index in [1.165, 1.54) is 11.1 Å². The maximum atomic E-state index is 6.09. The van der Waals surface area contributed by atoms with Crippen LogP contribution >= 0.6 is 39.1 Å². The molecule has 0 saturated heterocycles. The predicted octanol–water partition coefficient (Wildman–Crippen LogP) is 5.48. The quantitative estimate of drug-likeness (QED) is 0.732. The molecule has 0 aliphatic carbocycles. The summed E-state index contributed by atoms with van der Waals surface area (Å²) >= 11 is 15.5. The third kappa shape index (κ3) is 4.78. The number of benzene rings is 2. The van der Waals surface area contributed by atoms with Crippen LogP contribution in [-0.2, 0) is 13.0 Å². The van der Waals surface area contributed by atoms with Crippen molar-refractivity contribution in [1.29, 1.82) is 0 Å². The lowest BCUT2D eigenvalue weighted by Crippen LogP contribution is -2.27. The van der Waals surface area contributed by atoms with E-state index in [0.717, 1.165) is 27.5 Å². The normalized spacial score (nSPS) is 12.4. The van der Waals surface area contributed by atoms with Gasteiger partial charge in [-0.05, 0) is 64.7 Å². The summed E-state index contributed by atoms with van der Waals surface area (Å²) in [7, 11) is 0. The van der Waals surface area contributed by atoms with Crippen molar-refractivity contribution in [3.63, 3.8) is 0 Å². The van der Waals surface area contributed by atoms with E-state index >= 15 is 0 Å². The van der Waals surface area contributed by atoms with Crippen molar-refractivity contribution >= 4 is 39.1 Å². The molecule has 106 valence electrons. The number of nitrogens with one attached hydrogen (secondary N) is 1. The van der Waals surface area contributed by atoms with Crippen LogP contribution in [0.4, 0.5) is 0 Å². The highest BCUT2D eigenvalue weighted by Crippen LogP contribution is 2.23. The summed E-state index contributed by atoms with van der Waals surface area (Å²) in [5.74, 6) is 0. The molecule has 2 aromatic carbocycles. The summed E-state index contributed by atoms with van der Waals surface area (Å²) < 4.78 is 0.926. The minimum Gasteiger partial charge on any atom is -0.310 e. The van der Waals surface area contributed by atoms with Crippen LogP contribution in [0.25, 0.3) is 0 Å². The van der Waals surface area contributed by atoms with E-state index in [1.807, 2.05) is 30.3 Å². The van der Waals surface area contributed by atoms with E-state index < -0.39 is 0 Å². The van der Waals surface area contributed by atoms with Gasteiger partial charge < -0.3 is 5.32 Å². The molecule has 2 rings (SSSR count). The van der Waals surface area contributed by atoms with E-state index in [9.17, 15) is 0 Å². The molecule has 0 radical (unpaired) electrons. The van der Waals surface area contributed by atoms with Crippen molar-refractivity contribution in [2.45, 2.75) is 25.9 Å². The number of halogens is 3. The Morgan fingerprint density at radius 2 is 1.90 bits per heavy atom. The molecular weight excluding hydrogens is 357 g/mol. The van der Waals surface area contributed by atoms with Crippen LogP contribution in [0.5, 0.6) is 0 Å². The lowest BCUT2D eigenvalue weighted by atomic mass is 10.1. The number of hydrogen-bond donors (Lipinski definition) is 1. The van der Waals surface area contributed by atoms with E-state index in [4.69, 9.17) is 23.2 Å². The molecule has 0 aliphatic rings. The van der Waals surface area contributed by atoms with Gasteiger partial charge in [0, 0.05) is 22.1 Å². The molecule has 0 bridgehead atoms. The summed E-state index contributed by atoms with van der Waals surface area (Å²) in [6.07, 6.45) is 0.949.